The molecule has 166 valence electrons. The van der Waals surface area contributed by atoms with Crippen molar-refractivity contribution < 1.29 is 18.7 Å². The SMILES string of the molecule is O=C(CCl)NCc1cn(-c2cccc(CNC(=O)C3COc4ccc(F)cc4C3)c2)nn1. The second-order valence-corrected chi connectivity index (χ2v) is 7.68. The number of nitrogens with one attached hydrogen (secondary N) is 2. The number of aromatic nitrogens is 3. The fourth-order valence-corrected chi connectivity index (χ4v) is 3.51. The average molecular weight is 458 g/mol. The second kappa shape index (κ2) is 9.78. The number of amides is 2. The Labute approximate surface area is 188 Å². The third-order valence-corrected chi connectivity index (χ3v) is 5.31. The molecule has 1 aliphatic rings. The minimum Gasteiger partial charge on any atom is -0.492 e. The van der Waals surface area contributed by atoms with Gasteiger partial charge in [0.1, 0.15) is 29.7 Å². The number of carbonyl (C=O) groups excluding carboxylic acids is 2. The topological polar surface area (TPSA) is 98.1 Å². The van der Waals surface area contributed by atoms with Crippen molar-refractivity contribution in [2.75, 3.05) is 12.5 Å². The average Bonchev–Trinajstić information content (AvgIpc) is 3.30. The van der Waals surface area contributed by atoms with Crippen LogP contribution in [0, 0.1) is 11.7 Å². The van der Waals surface area contributed by atoms with Crippen molar-refractivity contribution in [1.29, 1.82) is 0 Å². The highest BCUT2D eigenvalue weighted by Crippen LogP contribution is 2.28. The molecule has 10 heteroatoms. The summed E-state index contributed by atoms with van der Waals surface area (Å²) < 4.78 is 20.7. The number of benzene rings is 2. The zero-order valence-electron chi connectivity index (χ0n) is 17.1. The van der Waals surface area contributed by atoms with Gasteiger partial charge in [0.05, 0.1) is 24.3 Å². The maximum atomic E-state index is 13.5. The number of hydrogen-bond acceptors (Lipinski definition) is 5. The number of alkyl halides is 1. The molecule has 0 aliphatic carbocycles. The Kier molecular flexibility index (Phi) is 6.65. The summed E-state index contributed by atoms with van der Waals surface area (Å²) >= 11 is 5.46. The standard InChI is InChI=1S/C22H21ClFN5O3/c23-9-21(30)25-11-18-12-29(28-27-18)19-3-1-2-14(6-19)10-26-22(31)16-7-15-8-17(24)4-5-20(15)32-13-16/h1-6,8,12,16H,7,9-11,13H2,(H,25,30)(H,26,31). The van der Waals surface area contributed by atoms with E-state index in [1.165, 1.54) is 12.1 Å². The van der Waals surface area contributed by atoms with Gasteiger partial charge in [0.15, 0.2) is 0 Å². The van der Waals surface area contributed by atoms with Crippen LogP contribution in [-0.4, -0.2) is 39.3 Å². The van der Waals surface area contributed by atoms with Gasteiger partial charge >= 0.3 is 0 Å². The van der Waals surface area contributed by atoms with Crippen LogP contribution in [0.2, 0.25) is 0 Å². The molecule has 0 bridgehead atoms. The van der Waals surface area contributed by atoms with Crippen molar-refractivity contribution in [2.24, 2.45) is 5.92 Å². The quantitative estimate of drug-likeness (QED) is 0.530. The van der Waals surface area contributed by atoms with Gasteiger partial charge in [-0.05, 0) is 47.9 Å². The van der Waals surface area contributed by atoms with E-state index in [0.717, 1.165) is 11.3 Å². The van der Waals surface area contributed by atoms with E-state index in [2.05, 4.69) is 20.9 Å². The fourth-order valence-electron chi connectivity index (χ4n) is 3.42. The molecule has 0 radical (unpaired) electrons. The predicted molar refractivity (Wildman–Crippen MR) is 115 cm³/mol. The molecule has 4 rings (SSSR count). The molecule has 1 aliphatic heterocycles. The van der Waals surface area contributed by atoms with Gasteiger partial charge in [0, 0.05) is 6.54 Å². The van der Waals surface area contributed by atoms with Gasteiger partial charge in [0.25, 0.3) is 0 Å². The van der Waals surface area contributed by atoms with Crippen molar-refractivity contribution in [3.8, 4) is 11.4 Å². The molecule has 32 heavy (non-hydrogen) atoms. The molecule has 3 aromatic rings. The predicted octanol–water partition coefficient (Wildman–Crippen LogP) is 2.13. The van der Waals surface area contributed by atoms with Gasteiger partial charge < -0.3 is 15.4 Å². The van der Waals surface area contributed by atoms with Crippen molar-refractivity contribution in [3.63, 3.8) is 0 Å². The highest BCUT2D eigenvalue weighted by molar-refractivity contribution is 6.27. The Morgan fingerprint density at radius 1 is 1.19 bits per heavy atom. The van der Waals surface area contributed by atoms with E-state index < -0.39 is 0 Å². The van der Waals surface area contributed by atoms with Gasteiger partial charge in [-0.1, -0.05) is 17.3 Å². The van der Waals surface area contributed by atoms with Gasteiger partial charge in [-0.15, -0.1) is 16.7 Å². The number of carbonyl (C=O) groups is 2. The number of ether oxygens (including phenoxy) is 1. The molecule has 0 spiro atoms. The van der Waals surface area contributed by atoms with Gasteiger partial charge in [-0.2, -0.15) is 0 Å². The Hall–Kier alpha value is -3.46. The van der Waals surface area contributed by atoms with Crippen molar-refractivity contribution >= 4 is 23.4 Å². The second-order valence-electron chi connectivity index (χ2n) is 7.42. The molecular formula is C22H21ClFN5O3. The van der Waals surface area contributed by atoms with Crippen LogP contribution in [0.5, 0.6) is 5.75 Å². The number of nitrogens with zero attached hydrogens (tertiary/aromatic N) is 3. The number of rotatable bonds is 7. The summed E-state index contributed by atoms with van der Waals surface area (Å²) in [6.07, 6.45) is 2.14. The lowest BCUT2D eigenvalue weighted by Gasteiger charge is -2.24. The maximum Gasteiger partial charge on any atom is 0.235 e. The van der Waals surface area contributed by atoms with E-state index in [-0.39, 0.29) is 42.6 Å². The van der Waals surface area contributed by atoms with Crippen LogP contribution in [0.15, 0.2) is 48.7 Å². The summed E-state index contributed by atoms with van der Waals surface area (Å²) in [4.78, 5) is 23.9. The lowest BCUT2D eigenvalue weighted by molar-refractivity contribution is -0.126. The molecule has 2 amide bonds. The van der Waals surface area contributed by atoms with Crippen LogP contribution in [-0.2, 0) is 29.1 Å². The summed E-state index contributed by atoms with van der Waals surface area (Å²) in [6.45, 7) is 0.816. The van der Waals surface area contributed by atoms with Gasteiger partial charge in [-0.3, -0.25) is 9.59 Å². The molecule has 1 atom stereocenters. The van der Waals surface area contributed by atoms with E-state index in [4.69, 9.17) is 16.3 Å². The third kappa shape index (κ3) is 5.23. The summed E-state index contributed by atoms with van der Waals surface area (Å²) in [6, 6.07) is 11.8. The van der Waals surface area contributed by atoms with Gasteiger partial charge in [-0.25, -0.2) is 9.07 Å². The normalized spacial score (nSPS) is 14.9. The monoisotopic (exact) mass is 457 g/mol. The molecule has 1 unspecified atom stereocenters. The molecule has 0 saturated carbocycles. The Morgan fingerprint density at radius 3 is 2.91 bits per heavy atom. The molecule has 0 saturated heterocycles. The lowest BCUT2D eigenvalue weighted by Crippen LogP contribution is -2.37. The largest absolute Gasteiger partial charge is 0.492 e. The van der Waals surface area contributed by atoms with Crippen molar-refractivity contribution in [2.45, 2.75) is 19.5 Å². The number of fused-ring (bicyclic) bond motifs is 1. The maximum absolute atomic E-state index is 13.5. The molecular weight excluding hydrogens is 437 g/mol. The van der Waals surface area contributed by atoms with Crippen LogP contribution in [0.4, 0.5) is 4.39 Å². The third-order valence-electron chi connectivity index (χ3n) is 5.07. The smallest absolute Gasteiger partial charge is 0.235 e. The zero-order chi connectivity index (χ0) is 22.5. The lowest BCUT2D eigenvalue weighted by atomic mass is 9.96. The molecule has 8 nitrogen and oxygen atoms in total. The first-order chi connectivity index (χ1) is 15.5. The Morgan fingerprint density at radius 2 is 2.06 bits per heavy atom. The number of hydrogen-bond donors (Lipinski definition) is 2. The van der Waals surface area contributed by atoms with E-state index in [1.54, 1.807) is 16.9 Å². The van der Waals surface area contributed by atoms with E-state index in [0.29, 0.717) is 30.0 Å². The number of halogens is 2. The van der Waals surface area contributed by atoms with Crippen LogP contribution in [0.25, 0.3) is 5.69 Å². The summed E-state index contributed by atoms with van der Waals surface area (Å²) in [5, 5.41) is 13.7. The summed E-state index contributed by atoms with van der Waals surface area (Å²) in [5.74, 6) is -0.647. The van der Waals surface area contributed by atoms with E-state index in [1.807, 2.05) is 24.3 Å². The van der Waals surface area contributed by atoms with Gasteiger partial charge in [0.2, 0.25) is 11.8 Å². The van der Waals surface area contributed by atoms with Crippen LogP contribution in [0.1, 0.15) is 16.8 Å². The molecule has 2 N–H and O–H groups in total. The van der Waals surface area contributed by atoms with Crippen LogP contribution < -0.4 is 15.4 Å². The Balaban J connectivity index is 1.35. The van der Waals surface area contributed by atoms with E-state index in [9.17, 15) is 14.0 Å². The highest BCUT2D eigenvalue weighted by atomic mass is 35.5. The van der Waals surface area contributed by atoms with E-state index >= 15 is 0 Å². The minimum absolute atomic E-state index is 0.113. The van der Waals surface area contributed by atoms with Crippen LogP contribution >= 0.6 is 11.6 Å². The molecule has 0 fully saturated rings. The first kappa shape index (κ1) is 21.8. The first-order valence-electron chi connectivity index (χ1n) is 10.0. The summed E-state index contributed by atoms with van der Waals surface area (Å²) in [5.41, 5.74) is 2.94. The van der Waals surface area contributed by atoms with Crippen molar-refractivity contribution in [3.05, 3.63) is 71.3 Å². The fraction of sp³-hybridized carbons (Fsp3) is 0.273. The van der Waals surface area contributed by atoms with Crippen LogP contribution in [0.3, 0.4) is 0 Å². The Bertz CT molecular complexity index is 1140. The van der Waals surface area contributed by atoms with Crippen molar-refractivity contribution in [1.82, 2.24) is 25.6 Å². The first-order valence-corrected chi connectivity index (χ1v) is 10.6. The summed E-state index contributed by atoms with van der Waals surface area (Å²) in [7, 11) is 0. The zero-order valence-corrected chi connectivity index (χ0v) is 17.8. The molecule has 1 aromatic heterocycles. The molecule has 2 heterocycles. The minimum atomic E-state index is -0.381. The highest BCUT2D eigenvalue weighted by Gasteiger charge is 2.26. The molecule has 2 aromatic carbocycles.